The maximum absolute atomic E-state index is 12.2. The summed E-state index contributed by atoms with van der Waals surface area (Å²) >= 11 is 3.51. The SMILES string of the molecule is Cn1nc(Br)c2c1c1c(N3CCOC[C@@](C)(O)C3)nc(S(C)=O)nc1n2C. The van der Waals surface area contributed by atoms with Gasteiger partial charge in [0.25, 0.3) is 0 Å². The second-order valence-electron chi connectivity index (χ2n) is 7.12. The minimum Gasteiger partial charge on any atom is -0.386 e. The molecule has 1 aliphatic heterocycles. The Kier molecular flexibility index (Phi) is 4.53. The Morgan fingerprint density at radius 2 is 2.04 bits per heavy atom. The average molecular weight is 457 g/mol. The summed E-state index contributed by atoms with van der Waals surface area (Å²) in [4.78, 5) is 11.2. The molecule has 0 aliphatic carbocycles. The van der Waals surface area contributed by atoms with Crippen molar-refractivity contribution in [1.82, 2.24) is 24.3 Å². The second kappa shape index (κ2) is 6.50. The zero-order valence-corrected chi connectivity index (χ0v) is 18.0. The molecule has 0 spiro atoms. The van der Waals surface area contributed by atoms with Crippen molar-refractivity contribution >= 4 is 54.6 Å². The number of ether oxygens (including phenoxy) is 1. The number of hydrogen-bond donors (Lipinski definition) is 1. The molecule has 1 aliphatic rings. The van der Waals surface area contributed by atoms with Gasteiger partial charge in [0.15, 0.2) is 4.60 Å². The van der Waals surface area contributed by atoms with Gasteiger partial charge in [-0.05, 0) is 22.9 Å². The number of β-amino-alcohol motifs (C(OH)–C–C–N with tert-alkyl or cyclic N) is 1. The number of aliphatic hydroxyl groups is 1. The predicted octanol–water partition coefficient (Wildman–Crippen LogP) is 0.942. The van der Waals surface area contributed by atoms with E-state index in [0.717, 1.165) is 16.4 Å². The quantitative estimate of drug-likeness (QED) is 0.572. The third kappa shape index (κ3) is 3.06. The molecule has 1 saturated heterocycles. The highest BCUT2D eigenvalue weighted by molar-refractivity contribution is 9.10. The fraction of sp³-hybridized carbons (Fsp3) is 0.562. The summed E-state index contributed by atoms with van der Waals surface area (Å²) < 4.78 is 22.1. The van der Waals surface area contributed by atoms with Gasteiger partial charge in [-0.3, -0.25) is 8.89 Å². The first-order valence-corrected chi connectivity index (χ1v) is 10.8. The van der Waals surface area contributed by atoms with E-state index in [1.54, 1.807) is 17.9 Å². The summed E-state index contributed by atoms with van der Waals surface area (Å²) in [7, 11) is 2.42. The number of nitrogens with zero attached hydrogens (tertiary/aromatic N) is 6. The number of anilines is 1. The molecule has 11 heteroatoms. The molecule has 0 radical (unpaired) electrons. The molecule has 27 heavy (non-hydrogen) atoms. The number of hydrogen-bond acceptors (Lipinski definition) is 7. The fourth-order valence-electron chi connectivity index (χ4n) is 3.58. The van der Waals surface area contributed by atoms with E-state index in [9.17, 15) is 9.32 Å². The van der Waals surface area contributed by atoms with Crippen LogP contribution in [0.2, 0.25) is 0 Å². The number of aryl methyl sites for hydroxylation is 2. The molecule has 0 amide bonds. The highest BCUT2D eigenvalue weighted by Crippen LogP contribution is 2.37. The Morgan fingerprint density at radius 3 is 2.74 bits per heavy atom. The molecule has 1 N–H and O–H groups in total. The average Bonchev–Trinajstić information content (AvgIpc) is 2.97. The van der Waals surface area contributed by atoms with Crippen molar-refractivity contribution in [2.75, 3.05) is 37.5 Å². The van der Waals surface area contributed by atoms with Crippen LogP contribution in [0.4, 0.5) is 5.82 Å². The van der Waals surface area contributed by atoms with Gasteiger partial charge in [0.2, 0.25) is 5.16 Å². The van der Waals surface area contributed by atoms with Crippen LogP contribution >= 0.6 is 15.9 Å². The smallest absolute Gasteiger partial charge is 0.222 e. The lowest BCUT2D eigenvalue weighted by Gasteiger charge is -2.28. The van der Waals surface area contributed by atoms with Crippen LogP contribution in [-0.2, 0) is 29.6 Å². The van der Waals surface area contributed by atoms with Crippen molar-refractivity contribution in [1.29, 1.82) is 0 Å². The lowest BCUT2D eigenvalue weighted by molar-refractivity contribution is -0.0123. The van der Waals surface area contributed by atoms with Crippen molar-refractivity contribution in [3.8, 4) is 0 Å². The molecule has 4 rings (SSSR count). The second-order valence-corrected chi connectivity index (χ2v) is 9.15. The van der Waals surface area contributed by atoms with Crippen LogP contribution in [0.5, 0.6) is 0 Å². The van der Waals surface area contributed by atoms with E-state index in [2.05, 4.69) is 31.0 Å². The van der Waals surface area contributed by atoms with Crippen LogP contribution in [-0.4, -0.2) is 71.8 Å². The first-order chi connectivity index (χ1) is 12.7. The van der Waals surface area contributed by atoms with Crippen molar-refractivity contribution in [2.24, 2.45) is 14.1 Å². The van der Waals surface area contributed by atoms with Crippen molar-refractivity contribution in [2.45, 2.75) is 17.7 Å². The number of halogens is 1. The molecule has 2 atom stereocenters. The Bertz CT molecular complexity index is 1080. The summed E-state index contributed by atoms with van der Waals surface area (Å²) in [6.07, 6.45) is 1.56. The highest BCUT2D eigenvalue weighted by Gasteiger charge is 2.31. The normalized spacial score (nSPS) is 22.5. The van der Waals surface area contributed by atoms with Crippen molar-refractivity contribution in [3.05, 3.63) is 4.60 Å². The third-order valence-electron chi connectivity index (χ3n) is 4.73. The van der Waals surface area contributed by atoms with E-state index >= 15 is 0 Å². The summed E-state index contributed by atoms with van der Waals surface area (Å²) in [6.45, 7) is 3.38. The molecule has 1 fully saturated rings. The van der Waals surface area contributed by atoms with Gasteiger partial charge in [0.1, 0.15) is 28.1 Å². The summed E-state index contributed by atoms with van der Waals surface area (Å²) in [5, 5.41) is 16.2. The van der Waals surface area contributed by atoms with E-state index in [1.807, 2.05) is 23.6 Å². The van der Waals surface area contributed by atoms with E-state index in [-0.39, 0.29) is 11.8 Å². The van der Waals surface area contributed by atoms with Gasteiger partial charge in [-0.15, -0.1) is 0 Å². The van der Waals surface area contributed by atoms with Crippen LogP contribution in [0.3, 0.4) is 0 Å². The maximum atomic E-state index is 12.2. The number of aromatic nitrogens is 5. The van der Waals surface area contributed by atoms with E-state index in [1.165, 1.54) is 0 Å². The van der Waals surface area contributed by atoms with Gasteiger partial charge in [0, 0.05) is 26.9 Å². The molecule has 3 aromatic heterocycles. The molecule has 1 unspecified atom stereocenters. The van der Waals surface area contributed by atoms with Gasteiger partial charge >= 0.3 is 0 Å². The van der Waals surface area contributed by atoms with Gasteiger partial charge in [-0.2, -0.15) is 5.10 Å². The molecule has 0 aromatic carbocycles. The highest BCUT2D eigenvalue weighted by atomic mass is 79.9. The van der Waals surface area contributed by atoms with Crippen LogP contribution in [0.15, 0.2) is 9.76 Å². The van der Waals surface area contributed by atoms with Gasteiger partial charge in [-0.25, -0.2) is 9.97 Å². The molecule has 4 heterocycles. The molecule has 9 nitrogen and oxygen atoms in total. The molecular formula is C16H21BrN6O3S. The maximum Gasteiger partial charge on any atom is 0.222 e. The fourth-order valence-corrected chi connectivity index (χ4v) is 4.70. The number of fused-ring (bicyclic) bond motifs is 3. The molecule has 0 saturated carbocycles. The van der Waals surface area contributed by atoms with Gasteiger partial charge in [-0.1, -0.05) is 0 Å². The standard InChI is InChI=1S/C16H21BrN6O3S/c1-16(24)7-23(5-6-26-8-16)14-9-10-11(12(17)20-22(10)3)21(2)13(9)18-15(19-14)27(4)25/h24H,5-8H2,1-4H3/t16-,27?/m0/s1. The van der Waals surface area contributed by atoms with E-state index in [0.29, 0.717) is 35.8 Å². The number of rotatable bonds is 2. The van der Waals surface area contributed by atoms with E-state index < -0.39 is 16.4 Å². The lowest BCUT2D eigenvalue weighted by Crippen LogP contribution is -2.42. The van der Waals surface area contributed by atoms with Gasteiger partial charge in [0.05, 0.1) is 35.9 Å². The van der Waals surface area contributed by atoms with Gasteiger partial charge < -0.3 is 19.3 Å². The Hall–Kier alpha value is -1.56. The summed E-state index contributed by atoms with van der Waals surface area (Å²) in [6, 6.07) is 0. The van der Waals surface area contributed by atoms with Crippen molar-refractivity contribution < 1.29 is 14.1 Å². The van der Waals surface area contributed by atoms with Crippen LogP contribution < -0.4 is 4.90 Å². The zero-order chi connectivity index (χ0) is 19.5. The molecule has 0 bridgehead atoms. The topological polar surface area (TPSA) is 98.3 Å². The predicted molar refractivity (Wildman–Crippen MR) is 106 cm³/mol. The third-order valence-corrected chi connectivity index (χ3v) is 5.96. The minimum absolute atomic E-state index is 0.256. The van der Waals surface area contributed by atoms with Crippen LogP contribution in [0, 0.1) is 0 Å². The zero-order valence-electron chi connectivity index (χ0n) is 15.6. The minimum atomic E-state index is -1.34. The first-order valence-electron chi connectivity index (χ1n) is 8.47. The largest absolute Gasteiger partial charge is 0.386 e. The molecule has 3 aromatic rings. The van der Waals surface area contributed by atoms with Crippen molar-refractivity contribution in [3.63, 3.8) is 0 Å². The Balaban J connectivity index is 2.07. The molecule has 146 valence electrons. The lowest BCUT2D eigenvalue weighted by atomic mass is 10.1. The monoisotopic (exact) mass is 456 g/mol. The summed E-state index contributed by atoms with van der Waals surface area (Å²) in [5.41, 5.74) is 1.44. The Morgan fingerprint density at radius 1 is 1.30 bits per heavy atom. The summed E-state index contributed by atoms with van der Waals surface area (Å²) in [5.74, 6) is 0.636. The Labute approximate surface area is 166 Å². The van der Waals surface area contributed by atoms with Crippen LogP contribution in [0.25, 0.3) is 22.1 Å². The van der Waals surface area contributed by atoms with E-state index in [4.69, 9.17) is 4.74 Å². The first kappa shape index (κ1) is 18.8. The molecular weight excluding hydrogens is 436 g/mol. The van der Waals surface area contributed by atoms with Crippen LogP contribution in [0.1, 0.15) is 6.92 Å².